The van der Waals surface area contributed by atoms with E-state index in [0.717, 1.165) is 31.2 Å². The molecule has 0 bridgehead atoms. The van der Waals surface area contributed by atoms with Crippen LogP contribution in [-0.2, 0) is 16.1 Å². The third kappa shape index (κ3) is 6.39. The Labute approximate surface area is 206 Å². The predicted octanol–water partition coefficient (Wildman–Crippen LogP) is 4.57. The van der Waals surface area contributed by atoms with E-state index in [1.807, 2.05) is 43.5 Å². The number of amides is 3. The van der Waals surface area contributed by atoms with Crippen molar-refractivity contribution in [1.82, 2.24) is 15.6 Å². The lowest BCUT2D eigenvalue weighted by atomic mass is 9.96. The topological polar surface area (TPSA) is 112 Å². The SMILES string of the molecule is CCCC(NCc1ccc(N2C(=O)NC(C)(C3CC3)C2=O)cc1)c1cccnc1.O=C(O)C(F)(F)F. The van der Waals surface area contributed by atoms with Crippen molar-refractivity contribution in [3.8, 4) is 0 Å². The summed E-state index contributed by atoms with van der Waals surface area (Å²) in [6, 6.07) is 11.6. The molecule has 11 heteroatoms. The zero-order chi connectivity index (χ0) is 26.5. The lowest BCUT2D eigenvalue weighted by Gasteiger charge is -2.21. The van der Waals surface area contributed by atoms with Crippen LogP contribution in [0, 0.1) is 5.92 Å². The molecule has 36 heavy (non-hydrogen) atoms. The number of hydrogen-bond donors (Lipinski definition) is 3. The second kappa shape index (κ2) is 11.1. The Bertz CT molecular complexity index is 1070. The highest BCUT2D eigenvalue weighted by Gasteiger charge is 2.56. The molecule has 0 radical (unpaired) electrons. The van der Waals surface area contributed by atoms with Gasteiger partial charge in [-0.15, -0.1) is 0 Å². The summed E-state index contributed by atoms with van der Waals surface area (Å²) in [6.07, 6.45) is 2.72. The van der Waals surface area contributed by atoms with Gasteiger partial charge in [0, 0.05) is 25.0 Å². The molecule has 1 saturated heterocycles. The molecule has 2 aliphatic rings. The Hall–Kier alpha value is -3.47. The Morgan fingerprint density at radius 2 is 1.89 bits per heavy atom. The van der Waals surface area contributed by atoms with Crippen LogP contribution in [-0.4, -0.2) is 39.7 Å². The van der Waals surface area contributed by atoms with Gasteiger partial charge in [-0.3, -0.25) is 9.78 Å². The van der Waals surface area contributed by atoms with Gasteiger partial charge < -0.3 is 15.7 Å². The first-order valence-electron chi connectivity index (χ1n) is 11.7. The molecule has 2 unspecified atom stereocenters. The second-order valence-electron chi connectivity index (χ2n) is 9.03. The summed E-state index contributed by atoms with van der Waals surface area (Å²) in [5, 5.41) is 13.6. The molecule has 3 N–H and O–H groups in total. The molecule has 3 amide bonds. The summed E-state index contributed by atoms with van der Waals surface area (Å²) >= 11 is 0. The maximum absolute atomic E-state index is 12.9. The molecule has 1 aliphatic heterocycles. The molecule has 1 aliphatic carbocycles. The summed E-state index contributed by atoms with van der Waals surface area (Å²) in [7, 11) is 0. The summed E-state index contributed by atoms with van der Waals surface area (Å²) in [5.41, 5.74) is 2.16. The number of nitrogens with one attached hydrogen (secondary N) is 2. The number of aliphatic carboxylic acids is 1. The van der Waals surface area contributed by atoms with Gasteiger partial charge in [-0.05, 0) is 61.4 Å². The fraction of sp³-hybridized carbons (Fsp3) is 0.440. The number of carbonyl (C=O) groups excluding carboxylic acids is 2. The van der Waals surface area contributed by atoms with E-state index in [1.54, 1.807) is 6.20 Å². The number of rotatable bonds is 8. The molecule has 2 atom stereocenters. The van der Waals surface area contributed by atoms with Crippen LogP contribution in [0.25, 0.3) is 0 Å². The van der Waals surface area contributed by atoms with Crippen LogP contribution >= 0.6 is 0 Å². The molecule has 2 heterocycles. The summed E-state index contributed by atoms with van der Waals surface area (Å²) in [4.78, 5) is 39.7. The van der Waals surface area contributed by atoms with Crippen LogP contribution < -0.4 is 15.5 Å². The molecular weight excluding hydrogens is 477 g/mol. The van der Waals surface area contributed by atoms with Crippen LogP contribution in [0.1, 0.15) is 56.7 Å². The number of pyridine rings is 1. The third-order valence-electron chi connectivity index (χ3n) is 6.26. The number of carboxylic acids is 1. The molecule has 1 aromatic heterocycles. The zero-order valence-corrected chi connectivity index (χ0v) is 20.0. The van der Waals surface area contributed by atoms with Gasteiger partial charge in [-0.2, -0.15) is 13.2 Å². The molecule has 8 nitrogen and oxygen atoms in total. The highest BCUT2D eigenvalue weighted by molar-refractivity contribution is 6.23. The normalized spacial score (nSPS) is 20.4. The monoisotopic (exact) mass is 506 g/mol. The van der Waals surface area contributed by atoms with Gasteiger partial charge >= 0.3 is 18.2 Å². The van der Waals surface area contributed by atoms with Crippen molar-refractivity contribution in [2.45, 2.75) is 63.8 Å². The first kappa shape index (κ1) is 27.1. The summed E-state index contributed by atoms with van der Waals surface area (Å²) in [6.45, 7) is 4.72. The van der Waals surface area contributed by atoms with Crippen LogP contribution in [0.15, 0.2) is 48.8 Å². The molecule has 1 aromatic carbocycles. The Balaban J connectivity index is 0.000000454. The van der Waals surface area contributed by atoms with Crippen molar-refractivity contribution < 1.29 is 32.7 Å². The number of anilines is 1. The van der Waals surface area contributed by atoms with E-state index in [9.17, 15) is 22.8 Å². The number of carbonyl (C=O) groups is 3. The van der Waals surface area contributed by atoms with E-state index in [-0.39, 0.29) is 23.9 Å². The number of urea groups is 1. The molecule has 194 valence electrons. The average Bonchev–Trinajstić information content (AvgIpc) is 3.66. The third-order valence-corrected chi connectivity index (χ3v) is 6.26. The highest BCUT2D eigenvalue weighted by Crippen LogP contribution is 2.43. The summed E-state index contributed by atoms with van der Waals surface area (Å²) < 4.78 is 31.7. The van der Waals surface area contributed by atoms with Gasteiger partial charge in [0.05, 0.1) is 5.69 Å². The molecule has 2 fully saturated rings. The minimum Gasteiger partial charge on any atom is -0.475 e. The quantitative estimate of drug-likeness (QED) is 0.453. The number of hydrogen-bond acceptors (Lipinski definition) is 5. The lowest BCUT2D eigenvalue weighted by Crippen LogP contribution is -2.46. The molecule has 4 rings (SSSR count). The standard InChI is InChI=1S/C23H28N4O2.C2HF3O2/c1-3-5-20(17-6-4-13-24-15-17)25-14-16-7-11-19(12-8-16)27-21(28)23(2,18-9-10-18)26-22(27)29;3-2(4,5)1(6)7/h4,6-8,11-13,15,18,20,25H,3,5,9-10,14H2,1-2H3,(H,26,29);(H,6,7). The van der Waals surface area contributed by atoms with Gasteiger partial charge in [-0.1, -0.05) is 31.5 Å². The largest absolute Gasteiger partial charge is 0.490 e. The van der Waals surface area contributed by atoms with Gasteiger partial charge in [0.25, 0.3) is 5.91 Å². The van der Waals surface area contributed by atoms with Crippen LogP contribution in [0.2, 0.25) is 0 Å². The number of imide groups is 1. The number of aromatic nitrogens is 1. The van der Waals surface area contributed by atoms with Gasteiger partial charge in [0.15, 0.2) is 0 Å². The van der Waals surface area contributed by atoms with Crippen LogP contribution in [0.3, 0.4) is 0 Å². The number of benzene rings is 1. The van der Waals surface area contributed by atoms with E-state index in [2.05, 4.69) is 28.6 Å². The highest BCUT2D eigenvalue weighted by atomic mass is 19.4. The first-order chi connectivity index (χ1) is 17.0. The van der Waals surface area contributed by atoms with E-state index in [1.165, 1.54) is 10.5 Å². The van der Waals surface area contributed by atoms with Crippen molar-refractivity contribution >= 4 is 23.6 Å². The van der Waals surface area contributed by atoms with Crippen LogP contribution in [0.4, 0.5) is 23.7 Å². The Morgan fingerprint density at radius 1 is 1.25 bits per heavy atom. The van der Waals surface area contributed by atoms with Crippen LogP contribution in [0.5, 0.6) is 0 Å². The van der Waals surface area contributed by atoms with E-state index < -0.39 is 17.7 Å². The van der Waals surface area contributed by atoms with Gasteiger partial charge in [0.1, 0.15) is 5.54 Å². The Kier molecular flexibility index (Phi) is 8.34. The first-order valence-corrected chi connectivity index (χ1v) is 11.7. The molecule has 1 saturated carbocycles. The maximum Gasteiger partial charge on any atom is 0.490 e. The van der Waals surface area contributed by atoms with Gasteiger partial charge in [0.2, 0.25) is 0 Å². The van der Waals surface area contributed by atoms with E-state index in [0.29, 0.717) is 12.2 Å². The van der Waals surface area contributed by atoms with Crippen molar-refractivity contribution in [3.63, 3.8) is 0 Å². The minimum atomic E-state index is -5.08. The van der Waals surface area contributed by atoms with Crippen molar-refractivity contribution in [1.29, 1.82) is 0 Å². The van der Waals surface area contributed by atoms with Gasteiger partial charge in [-0.25, -0.2) is 14.5 Å². The lowest BCUT2D eigenvalue weighted by molar-refractivity contribution is -0.192. The molecule has 2 aromatic rings. The minimum absolute atomic E-state index is 0.143. The maximum atomic E-state index is 12.9. The Morgan fingerprint density at radius 3 is 2.39 bits per heavy atom. The zero-order valence-electron chi connectivity index (χ0n) is 20.0. The van der Waals surface area contributed by atoms with Crippen molar-refractivity contribution in [2.75, 3.05) is 4.90 Å². The van der Waals surface area contributed by atoms with Crippen molar-refractivity contribution in [3.05, 3.63) is 59.9 Å². The number of carboxylic acid groups (broad SMARTS) is 1. The summed E-state index contributed by atoms with van der Waals surface area (Å²) in [5.74, 6) is -2.64. The number of nitrogens with zero attached hydrogens (tertiary/aromatic N) is 2. The fourth-order valence-corrected chi connectivity index (χ4v) is 4.09. The number of alkyl halides is 3. The van der Waals surface area contributed by atoms with E-state index in [4.69, 9.17) is 9.90 Å². The number of halogens is 3. The average molecular weight is 507 g/mol. The predicted molar refractivity (Wildman–Crippen MR) is 126 cm³/mol. The second-order valence-corrected chi connectivity index (χ2v) is 9.03. The molecule has 0 spiro atoms. The van der Waals surface area contributed by atoms with E-state index >= 15 is 0 Å². The fourth-order valence-electron chi connectivity index (χ4n) is 4.09. The smallest absolute Gasteiger partial charge is 0.475 e. The van der Waals surface area contributed by atoms with Crippen molar-refractivity contribution in [2.24, 2.45) is 5.92 Å². The molecular formula is C25H29F3N4O4.